The first-order valence-electron chi connectivity index (χ1n) is 6.62. The molecule has 1 rings (SSSR count). The van der Waals surface area contributed by atoms with E-state index in [9.17, 15) is 9.90 Å². The molecule has 0 radical (unpaired) electrons. The van der Waals surface area contributed by atoms with Gasteiger partial charge in [0.1, 0.15) is 0 Å². The average molecular weight is 281 g/mol. The van der Waals surface area contributed by atoms with E-state index in [0.29, 0.717) is 5.56 Å². The molecule has 0 saturated heterocycles. The van der Waals surface area contributed by atoms with Crippen LogP contribution in [-0.4, -0.2) is 60.9 Å². The Morgan fingerprint density at radius 3 is 2.90 bits per heavy atom. The second kappa shape index (κ2) is 7.81. The minimum Gasteiger partial charge on any atom is -0.389 e. The Morgan fingerprint density at radius 2 is 2.30 bits per heavy atom. The van der Waals surface area contributed by atoms with Gasteiger partial charge in [0.25, 0.3) is 5.91 Å². The monoisotopic (exact) mass is 281 g/mol. The third kappa shape index (κ3) is 4.47. The molecule has 0 bridgehead atoms. The zero-order chi connectivity index (χ0) is 15.1. The fourth-order valence-corrected chi connectivity index (χ4v) is 1.92. The zero-order valence-corrected chi connectivity index (χ0v) is 12.5. The van der Waals surface area contributed by atoms with Crippen LogP contribution in [0.25, 0.3) is 0 Å². The lowest BCUT2D eigenvalue weighted by molar-refractivity contribution is 0.0380. The molecule has 112 valence electrons. The summed E-state index contributed by atoms with van der Waals surface area (Å²) in [5, 5.41) is 12.8. The highest BCUT2D eigenvalue weighted by atomic mass is 16.5. The zero-order valence-electron chi connectivity index (χ0n) is 12.5. The summed E-state index contributed by atoms with van der Waals surface area (Å²) in [7, 11) is 3.16. The summed E-state index contributed by atoms with van der Waals surface area (Å²) in [5.41, 5.74) is 2.11. The molecular formula is C14H23N3O3. The molecule has 6 heteroatoms. The van der Waals surface area contributed by atoms with Gasteiger partial charge in [-0.3, -0.25) is 9.78 Å². The normalized spacial score (nSPS) is 12.1. The molecule has 6 nitrogen and oxygen atoms in total. The van der Waals surface area contributed by atoms with Gasteiger partial charge in [-0.05, 0) is 19.9 Å². The average Bonchev–Trinajstić information content (AvgIpc) is 2.38. The second-order valence-corrected chi connectivity index (χ2v) is 4.70. The Hall–Kier alpha value is -1.66. The van der Waals surface area contributed by atoms with E-state index in [-0.39, 0.29) is 19.1 Å². The van der Waals surface area contributed by atoms with Gasteiger partial charge in [-0.1, -0.05) is 0 Å². The number of pyridine rings is 1. The molecule has 1 heterocycles. The van der Waals surface area contributed by atoms with Crippen LogP contribution in [-0.2, 0) is 4.74 Å². The number of hydrogen-bond donors (Lipinski definition) is 2. The Kier molecular flexibility index (Phi) is 6.41. The number of nitrogens with zero attached hydrogens (tertiary/aromatic N) is 2. The molecule has 0 saturated carbocycles. The number of methoxy groups -OCH3 is 1. The van der Waals surface area contributed by atoms with Gasteiger partial charge in [0.2, 0.25) is 0 Å². The van der Waals surface area contributed by atoms with Crippen molar-refractivity contribution in [3.63, 3.8) is 0 Å². The number of nitrogens with one attached hydrogen (secondary N) is 1. The summed E-state index contributed by atoms with van der Waals surface area (Å²) in [6, 6.07) is 1.84. The van der Waals surface area contributed by atoms with Crippen molar-refractivity contribution in [3.05, 3.63) is 23.5 Å². The number of aliphatic hydroxyl groups excluding tert-OH is 1. The fourth-order valence-electron chi connectivity index (χ4n) is 1.92. The van der Waals surface area contributed by atoms with Gasteiger partial charge in [-0.2, -0.15) is 0 Å². The van der Waals surface area contributed by atoms with Gasteiger partial charge in [0.15, 0.2) is 0 Å². The van der Waals surface area contributed by atoms with Crippen LogP contribution in [0.15, 0.2) is 12.3 Å². The molecular weight excluding hydrogens is 258 g/mol. The van der Waals surface area contributed by atoms with Crippen LogP contribution in [0.4, 0.5) is 5.69 Å². The number of carbonyl (C=O) groups excluding carboxylic acids is 1. The fraction of sp³-hybridized carbons (Fsp3) is 0.571. The Bertz CT molecular complexity index is 451. The molecule has 1 unspecified atom stereocenters. The number of hydrogen-bond acceptors (Lipinski definition) is 5. The van der Waals surface area contributed by atoms with E-state index >= 15 is 0 Å². The highest BCUT2D eigenvalue weighted by Gasteiger charge is 2.18. The third-order valence-corrected chi connectivity index (χ3v) is 2.83. The number of carbonyl (C=O) groups is 1. The molecule has 0 spiro atoms. The Morgan fingerprint density at radius 1 is 1.60 bits per heavy atom. The molecule has 1 atom stereocenters. The highest BCUT2D eigenvalue weighted by molar-refractivity contribution is 5.99. The van der Waals surface area contributed by atoms with E-state index in [2.05, 4.69) is 10.3 Å². The summed E-state index contributed by atoms with van der Waals surface area (Å²) in [6.07, 6.45) is 0.865. The van der Waals surface area contributed by atoms with Crippen molar-refractivity contribution in [3.8, 4) is 0 Å². The first-order valence-corrected chi connectivity index (χ1v) is 6.62. The van der Waals surface area contributed by atoms with Gasteiger partial charge < -0.3 is 20.1 Å². The number of rotatable bonds is 7. The van der Waals surface area contributed by atoms with Gasteiger partial charge in [-0.15, -0.1) is 0 Å². The van der Waals surface area contributed by atoms with Crippen LogP contribution in [0.3, 0.4) is 0 Å². The van der Waals surface area contributed by atoms with E-state index < -0.39 is 6.10 Å². The van der Waals surface area contributed by atoms with Crippen LogP contribution in [0.5, 0.6) is 0 Å². The lowest BCUT2D eigenvalue weighted by Crippen LogP contribution is -2.36. The van der Waals surface area contributed by atoms with Crippen molar-refractivity contribution in [1.82, 2.24) is 9.88 Å². The van der Waals surface area contributed by atoms with Gasteiger partial charge >= 0.3 is 0 Å². The topological polar surface area (TPSA) is 74.7 Å². The molecule has 0 aliphatic heterocycles. The predicted octanol–water partition coefficient (Wildman–Crippen LogP) is 0.901. The summed E-state index contributed by atoms with van der Waals surface area (Å²) in [6.45, 7) is 4.98. The standard InChI is InChI=1S/C14H23N3O3/c1-5-15-13-6-10(2)16-7-12(13)14(19)17(3)8-11(18)9-20-4/h6-7,11,18H,5,8-9H2,1-4H3,(H,15,16). The number of aromatic nitrogens is 1. The third-order valence-electron chi connectivity index (χ3n) is 2.83. The number of likely N-dealkylation sites (N-methyl/N-ethyl adjacent to an activating group) is 1. The van der Waals surface area contributed by atoms with Gasteiger partial charge in [0.05, 0.1) is 24.0 Å². The maximum absolute atomic E-state index is 12.4. The maximum Gasteiger partial charge on any atom is 0.257 e. The van der Waals surface area contributed by atoms with Crippen LogP contribution in [0, 0.1) is 6.92 Å². The van der Waals surface area contributed by atoms with E-state index in [1.165, 1.54) is 12.0 Å². The van der Waals surface area contributed by atoms with Crippen molar-refractivity contribution in [2.75, 3.05) is 39.2 Å². The number of anilines is 1. The minimum absolute atomic E-state index is 0.177. The van der Waals surface area contributed by atoms with Crippen molar-refractivity contribution >= 4 is 11.6 Å². The minimum atomic E-state index is -0.699. The van der Waals surface area contributed by atoms with Crippen LogP contribution >= 0.6 is 0 Å². The number of aliphatic hydroxyl groups is 1. The van der Waals surface area contributed by atoms with Crippen LogP contribution < -0.4 is 5.32 Å². The maximum atomic E-state index is 12.4. The molecule has 1 aromatic heterocycles. The number of ether oxygens (including phenoxy) is 1. The summed E-state index contributed by atoms with van der Waals surface area (Å²) < 4.78 is 4.86. The predicted molar refractivity (Wildman–Crippen MR) is 78.0 cm³/mol. The quantitative estimate of drug-likeness (QED) is 0.777. The van der Waals surface area contributed by atoms with Crippen LogP contribution in [0.1, 0.15) is 23.0 Å². The molecule has 2 N–H and O–H groups in total. The number of aryl methyl sites for hydroxylation is 1. The SMILES string of the molecule is CCNc1cc(C)ncc1C(=O)N(C)CC(O)COC. The number of amides is 1. The van der Waals surface area contributed by atoms with Crippen molar-refractivity contribution in [2.24, 2.45) is 0 Å². The lowest BCUT2D eigenvalue weighted by Gasteiger charge is -2.22. The van der Waals surface area contributed by atoms with E-state index in [1.54, 1.807) is 13.2 Å². The second-order valence-electron chi connectivity index (χ2n) is 4.70. The first-order chi connectivity index (χ1) is 9.49. The lowest BCUT2D eigenvalue weighted by atomic mass is 10.1. The largest absolute Gasteiger partial charge is 0.389 e. The van der Waals surface area contributed by atoms with E-state index in [4.69, 9.17) is 4.74 Å². The summed E-state index contributed by atoms with van der Waals surface area (Å²) in [5.74, 6) is -0.177. The van der Waals surface area contributed by atoms with Crippen LogP contribution in [0.2, 0.25) is 0 Å². The van der Waals surface area contributed by atoms with E-state index in [0.717, 1.165) is 17.9 Å². The summed E-state index contributed by atoms with van der Waals surface area (Å²) in [4.78, 5) is 18.0. The first kappa shape index (κ1) is 16.4. The molecule has 20 heavy (non-hydrogen) atoms. The smallest absolute Gasteiger partial charge is 0.257 e. The molecule has 1 amide bonds. The van der Waals surface area contributed by atoms with Crippen molar-refractivity contribution in [2.45, 2.75) is 20.0 Å². The van der Waals surface area contributed by atoms with E-state index in [1.807, 2.05) is 19.9 Å². The molecule has 0 aliphatic carbocycles. The van der Waals surface area contributed by atoms with Gasteiger partial charge in [-0.25, -0.2) is 0 Å². The molecule has 0 fully saturated rings. The van der Waals surface area contributed by atoms with Crippen molar-refractivity contribution in [1.29, 1.82) is 0 Å². The molecule has 0 aromatic carbocycles. The Balaban J connectivity index is 2.85. The Labute approximate surface area is 119 Å². The molecule has 1 aromatic rings. The molecule has 0 aliphatic rings. The van der Waals surface area contributed by atoms with Gasteiger partial charge in [0, 0.05) is 39.1 Å². The van der Waals surface area contributed by atoms with Crippen molar-refractivity contribution < 1.29 is 14.6 Å². The summed E-state index contributed by atoms with van der Waals surface area (Å²) >= 11 is 0. The highest BCUT2D eigenvalue weighted by Crippen LogP contribution is 2.17.